The molecule has 0 atom stereocenters. The number of carbonyl (C=O) groups excluding carboxylic acids is 1. The standard InChI is InChI=1S/C24H25N3O2S2/c1-5-17-11-18(24(28)29-6-2)22(31-17)27-21-20-19(12-30-23(20)26-13-25-21)16-9-7-15(8-10-16)14(3)4/h7-14H,5-6H2,1-4H3,(H,25,26,27). The molecule has 7 heteroatoms. The van der Waals surface area contributed by atoms with Gasteiger partial charge in [0.2, 0.25) is 0 Å². The van der Waals surface area contributed by atoms with E-state index in [1.54, 1.807) is 29.0 Å². The Hall–Kier alpha value is -2.77. The third kappa shape index (κ3) is 4.34. The lowest BCUT2D eigenvalue weighted by Gasteiger charge is -2.10. The number of aromatic nitrogens is 2. The van der Waals surface area contributed by atoms with E-state index in [9.17, 15) is 4.79 Å². The number of aryl methyl sites for hydroxylation is 1. The van der Waals surface area contributed by atoms with Gasteiger partial charge in [-0.05, 0) is 36.5 Å². The van der Waals surface area contributed by atoms with Crippen molar-refractivity contribution in [3.63, 3.8) is 0 Å². The zero-order valence-electron chi connectivity index (χ0n) is 18.1. The summed E-state index contributed by atoms with van der Waals surface area (Å²) < 4.78 is 5.26. The van der Waals surface area contributed by atoms with Crippen molar-refractivity contribution in [2.45, 2.75) is 40.0 Å². The molecule has 0 bridgehead atoms. The van der Waals surface area contributed by atoms with Gasteiger partial charge in [0.15, 0.2) is 0 Å². The Morgan fingerprint density at radius 2 is 1.94 bits per heavy atom. The van der Waals surface area contributed by atoms with E-state index in [1.807, 2.05) is 13.0 Å². The summed E-state index contributed by atoms with van der Waals surface area (Å²) in [4.78, 5) is 23.5. The van der Waals surface area contributed by atoms with Crippen LogP contribution in [0.1, 0.15) is 54.4 Å². The van der Waals surface area contributed by atoms with Gasteiger partial charge in [-0.15, -0.1) is 22.7 Å². The third-order valence-electron chi connectivity index (χ3n) is 5.12. The quantitative estimate of drug-likeness (QED) is 0.306. The van der Waals surface area contributed by atoms with Crippen LogP contribution in [0.4, 0.5) is 10.8 Å². The van der Waals surface area contributed by atoms with Gasteiger partial charge in [0, 0.05) is 15.8 Å². The van der Waals surface area contributed by atoms with E-state index in [1.165, 1.54) is 5.56 Å². The third-order valence-corrected chi connectivity index (χ3v) is 7.20. The molecule has 1 aromatic carbocycles. The Bertz CT molecular complexity index is 1210. The van der Waals surface area contributed by atoms with Crippen molar-refractivity contribution in [2.75, 3.05) is 11.9 Å². The summed E-state index contributed by atoms with van der Waals surface area (Å²) in [6.07, 6.45) is 2.41. The molecule has 0 fully saturated rings. The maximum atomic E-state index is 12.5. The van der Waals surface area contributed by atoms with Gasteiger partial charge in [-0.25, -0.2) is 14.8 Å². The topological polar surface area (TPSA) is 64.1 Å². The van der Waals surface area contributed by atoms with Gasteiger partial charge in [-0.1, -0.05) is 45.0 Å². The zero-order valence-corrected chi connectivity index (χ0v) is 19.7. The van der Waals surface area contributed by atoms with Crippen LogP contribution in [0.3, 0.4) is 0 Å². The van der Waals surface area contributed by atoms with Crippen molar-refractivity contribution in [3.05, 3.63) is 58.0 Å². The Labute approximate surface area is 190 Å². The maximum absolute atomic E-state index is 12.5. The highest BCUT2D eigenvalue weighted by atomic mass is 32.1. The fraction of sp³-hybridized carbons (Fsp3) is 0.292. The fourth-order valence-electron chi connectivity index (χ4n) is 3.41. The maximum Gasteiger partial charge on any atom is 0.341 e. The molecule has 0 spiro atoms. The normalized spacial score (nSPS) is 11.3. The summed E-state index contributed by atoms with van der Waals surface area (Å²) in [7, 11) is 0. The van der Waals surface area contributed by atoms with E-state index in [0.29, 0.717) is 23.9 Å². The van der Waals surface area contributed by atoms with E-state index >= 15 is 0 Å². The summed E-state index contributed by atoms with van der Waals surface area (Å²) in [5.74, 6) is 0.868. The second-order valence-corrected chi connectivity index (χ2v) is 9.48. The van der Waals surface area contributed by atoms with Crippen molar-refractivity contribution in [2.24, 2.45) is 0 Å². The minimum Gasteiger partial charge on any atom is -0.462 e. The molecule has 0 aliphatic carbocycles. The van der Waals surface area contributed by atoms with E-state index in [0.717, 1.165) is 37.6 Å². The molecule has 0 saturated carbocycles. The van der Waals surface area contributed by atoms with Gasteiger partial charge in [-0.3, -0.25) is 0 Å². The molecule has 5 nitrogen and oxygen atoms in total. The number of carbonyl (C=O) groups is 1. The molecule has 0 amide bonds. The highest BCUT2D eigenvalue weighted by Crippen LogP contribution is 2.39. The molecule has 3 heterocycles. The van der Waals surface area contributed by atoms with Gasteiger partial charge in [-0.2, -0.15) is 0 Å². The molecule has 0 unspecified atom stereocenters. The number of esters is 1. The number of rotatable bonds is 7. The molecule has 0 saturated heterocycles. The van der Waals surface area contributed by atoms with Crippen LogP contribution in [0.2, 0.25) is 0 Å². The first kappa shape index (κ1) is 21.5. The first-order valence-electron chi connectivity index (χ1n) is 10.4. The van der Waals surface area contributed by atoms with Gasteiger partial charge in [0.05, 0.1) is 17.6 Å². The summed E-state index contributed by atoms with van der Waals surface area (Å²) in [5.41, 5.74) is 4.07. The van der Waals surface area contributed by atoms with Crippen LogP contribution in [0.25, 0.3) is 21.3 Å². The highest BCUT2D eigenvalue weighted by molar-refractivity contribution is 7.17. The molecule has 160 valence electrons. The number of hydrogen-bond acceptors (Lipinski definition) is 7. The number of nitrogens with zero attached hydrogens (tertiary/aromatic N) is 2. The Morgan fingerprint density at radius 3 is 2.61 bits per heavy atom. The monoisotopic (exact) mass is 451 g/mol. The van der Waals surface area contributed by atoms with Crippen LogP contribution in [0, 0.1) is 0 Å². The van der Waals surface area contributed by atoms with Gasteiger partial charge < -0.3 is 10.1 Å². The lowest BCUT2D eigenvalue weighted by atomic mass is 9.99. The molecular weight excluding hydrogens is 426 g/mol. The predicted molar refractivity (Wildman–Crippen MR) is 130 cm³/mol. The number of anilines is 2. The lowest BCUT2D eigenvalue weighted by Crippen LogP contribution is -2.06. The average Bonchev–Trinajstić information content (AvgIpc) is 3.39. The number of hydrogen-bond donors (Lipinski definition) is 1. The van der Waals surface area contributed by atoms with E-state index < -0.39 is 0 Å². The summed E-state index contributed by atoms with van der Waals surface area (Å²) in [6, 6.07) is 10.6. The summed E-state index contributed by atoms with van der Waals surface area (Å²) in [5, 5.41) is 7.24. The lowest BCUT2D eigenvalue weighted by molar-refractivity contribution is 0.0528. The smallest absolute Gasteiger partial charge is 0.341 e. The average molecular weight is 452 g/mol. The predicted octanol–water partition coefficient (Wildman–Crippen LogP) is 7.03. The van der Waals surface area contributed by atoms with Gasteiger partial charge >= 0.3 is 5.97 Å². The van der Waals surface area contributed by atoms with Crippen LogP contribution in [-0.4, -0.2) is 22.5 Å². The molecule has 0 aliphatic heterocycles. The first-order valence-corrected chi connectivity index (χ1v) is 12.1. The number of benzene rings is 1. The van der Waals surface area contributed by atoms with Crippen LogP contribution in [0.15, 0.2) is 42.0 Å². The molecule has 0 aliphatic rings. The molecule has 31 heavy (non-hydrogen) atoms. The van der Waals surface area contributed by atoms with E-state index in [4.69, 9.17) is 4.74 Å². The van der Waals surface area contributed by atoms with Crippen molar-refractivity contribution in [3.8, 4) is 11.1 Å². The second kappa shape index (κ2) is 9.16. The Morgan fingerprint density at radius 1 is 1.16 bits per heavy atom. The minimum absolute atomic E-state index is 0.318. The minimum atomic E-state index is -0.318. The SMILES string of the molecule is CCOC(=O)c1cc(CC)sc1Nc1ncnc2scc(-c3ccc(C(C)C)cc3)c12. The Balaban J connectivity index is 1.77. The molecular formula is C24H25N3O2S2. The van der Waals surface area contributed by atoms with Crippen molar-refractivity contribution >= 4 is 49.7 Å². The first-order chi connectivity index (χ1) is 15.0. The second-order valence-electron chi connectivity index (χ2n) is 7.48. The van der Waals surface area contributed by atoms with Crippen molar-refractivity contribution < 1.29 is 9.53 Å². The van der Waals surface area contributed by atoms with Crippen LogP contribution in [0.5, 0.6) is 0 Å². The van der Waals surface area contributed by atoms with Crippen molar-refractivity contribution in [1.29, 1.82) is 0 Å². The molecule has 0 radical (unpaired) electrons. The van der Waals surface area contributed by atoms with E-state index in [2.05, 4.69) is 65.7 Å². The van der Waals surface area contributed by atoms with Crippen LogP contribution < -0.4 is 5.32 Å². The highest BCUT2D eigenvalue weighted by Gasteiger charge is 2.20. The number of nitrogens with one attached hydrogen (secondary N) is 1. The summed E-state index contributed by atoms with van der Waals surface area (Å²) in [6.45, 7) is 8.61. The van der Waals surface area contributed by atoms with Crippen LogP contribution in [-0.2, 0) is 11.2 Å². The largest absolute Gasteiger partial charge is 0.462 e. The Kier molecular flexibility index (Phi) is 6.34. The number of fused-ring (bicyclic) bond motifs is 1. The fourth-order valence-corrected chi connectivity index (χ4v) is 5.31. The van der Waals surface area contributed by atoms with Crippen molar-refractivity contribution in [1.82, 2.24) is 9.97 Å². The van der Waals surface area contributed by atoms with E-state index in [-0.39, 0.29) is 5.97 Å². The molecule has 3 aromatic heterocycles. The van der Waals surface area contributed by atoms with Crippen LogP contribution >= 0.6 is 22.7 Å². The number of thiophene rings is 2. The molecule has 4 rings (SSSR count). The summed E-state index contributed by atoms with van der Waals surface area (Å²) >= 11 is 3.15. The number of ether oxygens (including phenoxy) is 1. The molecule has 4 aromatic rings. The van der Waals surface area contributed by atoms with Gasteiger partial charge in [0.1, 0.15) is 22.0 Å². The van der Waals surface area contributed by atoms with Gasteiger partial charge in [0.25, 0.3) is 0 Å². The zero-order chi connectivity index (χ0) is 22.0. The molecule has 1 N–H and O–H groups in total.